The summed E-state index contributed by atoms with van der Waals surface area (Å²) in [6, 6.07) is -5.92. The van der Waals surface area contributed by atoms with E-state index in [9.17, 15) is 74.7 Å². The molecule has 4 rings (SSSR count). The van der Waals surface area contributed by atoms with E-state index >= 15 is 0 Å². The minimum atomic E-state index is -2.23. The Morgan fingerprint density at radius 2 is 1.23 bits per heavy atom. The Bertz CT molecular complexity index is 1620. The standard InChI is InChI=1S/C34H51N7O15/c1-12-10-41-24(25(12)47)32(54)39-30(52)20(46)9-18(35)28(50)36-21(13(2)42)33(55)40-11-17(45)8-19(40)29(51)38-23(31(53)37-22(14(3)43)34(41)56)27(49)26(48)15-4-6-16(44)7-5-15/h4-7,12-14,17-27,30,42-49,52H,8-11,35H2,1-3H3,(H,36,50)(H,37,53)(H,38,51)(H,39,54)/p+1. The van der Waals surface area contributed by atoms with Gasteiger partial charge in [0.05, 0.1) is 24.4 Å². The van der Waals surface area contributed by atoms with E-state index in [2.05, 4.69) is 27.0 Å². The maximum Gasteiger partial charge on any atom is 0.278 e. The number of nitrogens with one attached hydrogen (secondary N) is 4. The quantitative estimate of drug-likeness (QED) is 0.132. The van der Waals surface area contributed by atoms with Gasteiger partial charge in [-0.25, -0.2) is 0 Å². The number of quaternary nitrogens is 1. The first-order valence-corrected chi connectivity index (χ1v) is 18.0. The molecule has 6 amide bonds. The lowest BCUT2D eigenvalue weighted by Crippen LogP contribution is -2.71. The third-order valence-electron chi connectivity index (χ3n) is 10.3. The molecule has 0 bridgehead atoms. The molecule has 22 heteroatoms. The van der Waals surface area contributed by atoms with Crippen molar-refractivity contribution in [2.75, 3.05) is 13.1 Å². The number of nitrogens with zero attached hydrogens (tertiary/aromatic N) is 2. The molecule has 0 saturated carbocycles. The molecule has 1 aromatic carbocycles. The summed E-state index contributed by atoms with van der Waals surface area (Å²) in [6.07, 6.45) is -15.5. The van der Waals surface area contributed by atoms with Crippen LogP contribution in [-0.4, -0.2) is 183 Å². The van der Waals surface area contributed by atoms with Gasteiger partial charge in [0.2, 0.25) is 29.5 Å². The van der Waals surface area contributed by atoms with Gasteiger partial charge in [-0.05, 0) is 31.5 Å². The number of hydrogen-bond donors (Lipinski definition) is 14. The molecule has 15 atom stereocenters. The predicted molar refractivity (Wildman–Crippen MR) is 186 cm³/mol. The van der Waals surface area contributed by atoms with E-state index < -0.39 is 146 Å². The van der Waals surface area contributed by atoms with Gasteiger partial charge in [-0.15, -0.1) is 0 Å². The van der Waals surface area contributed by atoms with Crippen LogP contribution in [0.25, 0.3) is 0 Å². The second-order valence-corrected chi connectivity index (χ2v) is 14.7. The van der Waals surface area contributed by atoms with Gasteiger partial charge >= 0.3 is 0 Å². The zero-order valence-electron chi connectivity index (χ0n) is 30.9. The van der Waals surface area contributed by atoms with Gasteiger partial charge in [-0.1, -0.05) is 19.1 Å². The van der Waals surface area contributed by atoms with Gasteiger partial charge in [0, 0.05) is 31.8 Å². The molecule has 3 saturated heterocycles. The minimum absolute atomic E-state index is 0.0450. The smallest absolute Gasteiger partial charge is 0.278 e. The van der Waals surface area contributed by atoms with Crippen LogP contribution >= 0.6 is 0 Å². The van der Waals surface area contributed by atoms with Gasteiger partial charge in [-0.2, -0.15) is 0 Å². The van der Waals surface area contributed by atoms with Crippen molar-refractivity contribution in [3.05, 3.63) is 29.8 Å². The molecular weight excluding hydrogens is 746 g/mol. The molecule has 15 unspecified atom stereocenters. The van der Waals surface area contributed by atoms with Gasteiger partial charge in [0.1, 0.15) is 54.3 Å². The zero-order chi connectivity index (χ0) is 41.9. The second kappa shape index (κ2) is 18.2. The maximum atomic E-state index is 14.0. The highest BCUT2D eigenvalue weighted by Gasteiger charge is 2.50. The molecule has 3 aliphatic rings. The van der Waals surface area contributed by atoms with Crippen LogP contribution in [0, 0.1) is 5.92 Å². The Labute approximate surface area is 320 Å². The Balaban J connectivity index is 1.80. The lowest BCUT2D eigenvalue weighted by atomic mass is 9.96. The van der Waals surface area contributed by atoms with E-state index in [1.54, 1.807) is 0 Å². The van der Waals surface area contributed by atoms with Crippen molar-refractivity contribution in [2.24, 2.45) is 5.92 Å². The number of carbonyl (C=O) groups is 6. The third-order valence-corrected chi connectivity index (χ3v) is 10.3. The van der Waals surface area contributed by atoms with Crippen LogP contribution in [0.3, 0.4) is 0 Å². The number of rotatable bonds is 5. The van der Waals surface area contributed by atoms with E-state index in [-0.39, 0.29) is 17.9 Å². The van der Waals surface area contributed by atoms with Crippen molar-refractivity contribution in [1.29, 1.82) is 0 Å². The van der Waals surface area contributed by atoms with Crippen molar-refractivity contribution < 1.29 is 80.5 Å². The summed E-state index contributed by atoms with van der Waals surface area (Å²) in [5.41, 5.74) is 3.57. The molecule has 16 N–H and O–H groups in total. The number of carbonyl (C=O) groups excluding carboxylic acids is 6. The van der Waals surface area contributed by atoms with E-state index in [4.69, 9.17) is 0 Å². The first kappa shape index (κ1) is 44.2. The average molecular weight is 799 g/mol. The average Bonchev–Trinajstić information content (AvgIpc) is 3.68. The predicted octanol–water partition coefficient (Wildman–Crippen LogP) is -8.02. The molecule has 0 aromatic heterocycles. The van der Waals surface area contributed by atoms with E-state index in [0.29, 0.717) is 0 Å². The maximum absolute atomic E-state index is 14.0. The van der Waals surface area contributed by atoms with Crippen LogP contribution in [0.15, 0.2) is 24.3 Å². The van der Waals surface area contributed by atoms with Gasteiger partial charge in [0.15, 0.2) is 12.3 Å². The molecule has 0 aliphatic carbocycles. The molecule has 1 aromatic rings. The van der Waals surface area contributed by atoms with Gasteiger partial charge < -0.3 is 82.8 Å². The number of benzene rings is 1. The highest BCUT2D eigenvalue weighted by atomic mass is 16.3. The van der Waals surface area contributed by atoms with Crippen molar-refractivity contribution in [3.8, 4) is 5.75 Å². The van der Waals surface area contributed by atoms with Crippen molar-refractivity contribution in [1.82, 2.24) is 31.1 Å². The summed E-state index contributed by atoms with van der Waals surface area (Å²) in [7, 11) is 0. The molecule has 56 heavy (non-hydrogen) atoms. The van der Waals surface area contributed by atoms with E-state index in [1.807, 2.05) is 0 Å². The summed E-state index contributed by atoms with van der Waals surface area (Å²) in [6.45, 7) is 2.91. The van der Waals surface area contributed by atoms with Gasteiger partial charge in [0.25, 0.3) is 5.91 Å². The molecule has 3 aliphatic heterocycles. The monoisotopic (exact) mass is 798 g/mol. The number of fused-ring (bicyclic) bond motifs is 2. The number of amides is 6. The summed E-state index contributed by atoms with van der Waals surface area (Å²) < 4.78 is 0. The summed E-state index contributed by atoms with van der Waals surface area (Å²) in [5, 5.41) is 105. The zero-order valence-corrected chi connectivity index (χ0v) is 30.9. The SMILES string of the molecule is CC(O)C1NC(=O)C([NH3+])CC(O)C(O)NC(=O)C2C(O)C(C)CN2C(=O)C(C(C)O)NC(=O)C(C(O)C(O)c2ccc(O)cc2)NC(=O)C2CC(O)CN2C1=O. The van der Waals surface area contributed by atoms with Crippen molar-refractivity contribution in [2.45, 2.75) is 119 Å². The first-order chi connectivity index (χ1) is 26.1. The summed E-state index contributed by atoms with van der Waals surface area (Å²) in [5.74, 6) is -7.92. The Morgan fingerprint density at radius 1 is 0.696 bits per heavy atom. The number of aromatic hydroxyl groups is 1. The second-order valence-electron chi connectivity index (χ2n) is 14.7. The summed E-state index contributed by atoms with van der Waals surface area (Å²) >= 11 is 0. The lowest BCUT2D eigenvalue weighted by molar-refractivity contribution is -0.408. The number of hydrogen-bond acceptors (Lipinski definition) is 15. The first-order valence-electron chi connectivity index (χ1n) is 18.0. The largest absolute Gasteiger partial charge is 0.508 e. The molecule has 22 nitrogen and oxygen atoms in total. The fourth-order valence-electron chi connectivity index (χ4n) is 6.97. The highest BCUT2D eigenvalue weighted by molar-refractivity contribution is 5.97. The molecule has 3 heterocycles. The Hall–Kier alpha value is -4.52. The van der Waals surface area contributed by atoms with Crippen molar-refractivity contribution >= 4 is 35.4 Å². The number of phenols is 1. The van der Waals surface area contributed by atoms with Crippen molar-refractivity contribution in [3.63, 3.8) is 0 Å². The molecule has 0 spiro atoms. The van der Waals surface area contributed by atoms with Crippen LogP contribution in [0.5, 0.6) is 5.75 Å². The molecule has 3 fully saturated rings. The highest BCUT2D eigenvalue weighted by Crippen LogP contribution is 2.27. The van der Waals surface area contributed by atoms with Gasteiger partial charge in [-0.3, -0.25) is 28.8 Å². The van der Waals surface area contributed by atoms with Crippen LogP contribution < -0.4 is 27.0 Å². The fourth-order valence-corrected chi connectivity index (χ4v) is 6.97. The normalized spacial score (nSPS) is 35.2. The van der Waals surface area contributed by atoms with E-state index in [0.717, 1.165) is 35.8 Å². The third kappa shape index (κ3) is 9.70. The topological polar surface area (TPSA) is 367 Å². The molecule has 0 radical (unpaired) electrons. The molecule has 312 valence electrons. The van der Waals surface area contributed by atoms with E-state index in [1.165, 1.54) is 19.1 Å². The number of aliphatic hydroxyl groups excluding tert-OH is 8. The van der Waals surface area contributed by atoms with Crippen LogP contribution in [0.2, 0.25) is 0 Å². The minimum Gasteiger partial charge on any atom is -0.508 e. The van der Waals surface area contributed by atoms with Crippen LogP contribution in [-0.2, 0) is 28.8 Å². The van der Waals surface area contributed by atoms with Crippen LogP contribution in [0.4, 0.5) is 0 Å². The van der Waals surface area contributed by atoms with Crippen LogP contribution in [0.1, 0.15) is 45.3 Å². The summed E-state index contributed by atoms with van der Waals surface area (Å²) in [4.78, 5) is 84.0. The Kier molecular flexibility index (Phi) is 14.3. The molecular formula is C34H52N7O15+. The number of aliphatic hydroxyl groups is 8. The fraction of sp³-hybridized carbons (Fsp3) is 0.647. The number of phenolic OH excluding ortho intramolecular Hbond substituents is 1. The Morgan fingerprint density at radius 3 is 1.80 bits per heavy atom. The lowest BCUT2D eigenvalue weighted by Gasteiger charge is -2.34.